The molecule has 1 aromatic heterocycles. The zero-order chi connectivity index (χ0) is 8.27. The Kier molecular flexibility index (Phi) is 4.51. The molecular formula is C8H10BrNO2. The van der Waals surface area contributed by atoms with Crippen molar-refractivity contribution >= 4 is 5.97 Å². The first-order valence-electron chi connectivity index (χ1n) is 3.27. The van der Waals surface area contributed by atoms with Gasteiger partial charge >= 0.3 is 5.97 Å². The summed E-state index contributed by atoms with van der Waals surface area (Å²) in [6.07, 6.45) is 3.60. The van der Waals surface area contributed by atoms with E-state index in [2.05, 4.69) is 4.74 Å². The second-order valence-electron chi connectivity index (χ2n) is 2.24. The van der Waals surface area contributed by atoms with Crippen LogP contribution >= 0.6 is 0 Å². The van der Waals surface area contributed by atoms with Crippen molar-refractivity contribution in [2.45, 2.75) is 0 Å². The molecule has 4 heteroatoms. The largest absolute Gasteiger partial charge is 1.00 e. The number of ether oxygens (including phenoxy) is 1. The first-order chi connectivity index (χ1) is 5.24. The van der Waals surface area contributed by atoms with E-state index in [1.807, 2.05) is 11.6 Å². The lowest BCUT2D eigenvalue weighted by molar-refractivity contribution is -0.671. The number of halogens is 1. The lowest BCUT2D eigenvalue weighted by atomic mass is 10.3. The predicted molar refractivity (Wildman–Crippen MR) is 39.0 cm³/mol. The number of esters is 1. The van der Waals surface area contributed by atoms with Crippen molar-refractivity contribution in [3.05, 3.63) is 30.1 Å². The van der Waals surface area contributed by atoms with Crippen molar-refractivity contribution in [1.82, 2.24) is 0 Å². The summed E-state index contributed by atoms with van der Waals surface area (Å²) in [4.78, 5) is 10.9. The van der Waals surface area contributed by atoms with Crippen LogP contribution in [0.5, 0.6) is 0 Å². The molecule has 66 valence electrons. The molecule has 12 heavy (non-hydrogen) atoms. The van der Waals surface area contributed by atoms with Gasteiger partial charge in [0, 0.05) is 12.1 Å². The van der Waals surface area contributed by atoms with E-state index in [0.717, 1.165) is 0 Å². The summed E-state index contributed by atoms with van der Waals surface area (Å²) in [7, 11) is 3.26. The van der Waals surface area contributed by atoms with Gasteiger partial charge in [-0.3, -0.25) is 0 Å². The van der Waals surface area contributed by atoms with Crippen LogP contribution in [0.25, 0.3) is 0 Å². The zero-order valence-corrected chi connectivity index (χ0v) is 8.54. The van der Waals surface area contributed by atoms with Gasteiger partial charge in [0.25, 0.3) is 0 Å². The van der Waals surface area contributed by atoms with Crippen LogP contribution in [0.3, 0.4) is 0 Å². The highest BCUT2D eigenvalue weighted by Gasteiger charge is 2.04. The minimum Gasteiger partial charge on any atom is -1.00 e. The van der Waals surface area contributed by atoms with E-state index in [1.54, 1.807) is 24.5 Å². The minimum absolute atomic E-state index is 0. The van der Waals surface area contributed by atoms with Gasteiger partial charge in [-0.1, -0.05) is 0 Å². The van der Waals surface area contributed by atoms with Crippen molar-refractivity contribution < 1.29 is 31.1 Å². The molecule has 0 atom stereocenters. The molecule has 0 bridgehead atoms. The summed E-state index contributed by atoms with van der Waals surface area (Å²) in [5.74, 6) is -0.300. The maximum absolute atomic E-state index is 10.9. The van der Waals surface area contributed by atoms with Gasteiger partial charge in [0.05, 0.1) is 12.7 Å². The van der Waals surface area contributed by atoms with Crippen LogP contribution in [-0.2, 0) is 11.8 Å². The number of carbonyl (C=O) groups excluding carboxylic acids is 1. The number of nitrogens with zero attached hydrogens (tertiary/aromatic N) is 1. The Morgan fingerprint density at radius 3 is 2.33 bits per heavy atom. The van der Waals surface area contributed by atoms with Crippen molar-refractivity contribution in [3.8, 4) is 0 Å². The molecule has 0 fully saturated rings. The number of carbonyl (C=O) groups is 1. The van der Waals surface area contributed by atoms with Crippen molar-refractivity contribution in [3.63, 3.8) is 0 Å². The summed E-state index contributed by atoms with van der Waals surface area (Å²) >= 11 is 0. The number of hydrogen-bond acceptors (Lipinski definition) is 2. The number of hydrogen-bond donors (Lipinski definition) is 0. The van der Waals surface area contributed by atoms with Gasteiger partial charge in [-0.15, -0.1) is 0 Å². The average Bonchev–Trinajstić information content (AvgIpc) is 2.05. The molecule has 0 aromatic carbocycles. The average molecular weight is 232 g/mol. The molecule has 0 unspecified atom stereocenters. The van der Waals surface area contributed by atoms with Crippen molar-refractivity contribution in [1.29, 1.82) is 0 Å². The number of rotatable bonds is 1. The molecule has 1 heterocycles. The monoisotopic (exact) mass is 231 g/mol. The normalized spacial score (nSPS) is 8.50. The molecule has 1 rings (SSSR count). The molecule has 0 N–H and O–H groups in total. The summed E-state index contributed by atoms with van der Waals surface area (Å²) in [6.45, 7) is 0. The highest BCUT2D eigenvalue weighted by molar-refractivity contribution is 5.88. The Morgan fingerprint density at radius 1 is 1.42 bits per heavy atom. The Bertz CT molecular complexity index is 258. The molecular weight excluding hydrogens is 222 g/mol. The van der Waals surface area contributed by atoms with Crippen molar-refractivity contribution in [2.75, 3.05) is 7.11 Å². The predicted octanol–water partition coefficient (Wildman–Crippen LogP) is -2.70. The third-order valence-electron chi connectivity index (χ3n) is 1.40. The molecule has 0 aliphatic rings. The van der Waals surface area contributed by atoms with Gasteiger partial charge in [0.1, 0.15) is 7.05 Å². The molecule has 0 spiro atoms. The van der Waals surface area contributed by atoms with E-state index in [9.17, 15) is 4.79 Å². The third kappa shape index (κ3) is 2.62. The lowest BCUT2D eigenvalue weighted by Crippen LogP contribution is -3.00. The summed E-state index contributed by atoms with van der Waals surface area (Å²) in [5, 5.41) is 0. The zero-order valence-electron chi connectivity index (χ0n) is 6.95. The van der Waals surface area contributed by atoms with Crippen LogP contribution in [0, 0.1) is 0 Å². The number of aromatic nitrogens is 1. The number of aryl methyl sites for hydroxylation is 1. The fourth-order valence-corrected chi connectivity index (χ4v) is 0.755. The Labute approximate surface area is 81.7 Å². The Hall–Kier alpha value is -0.900. The first-order valence-corrected chi connectivity index (χ1v) is 3.27. The fourth-order valence-electron chi connectivity index (χ4n) is 0.755. The molecule has 0 radical (unpaired) electrons. The summed E-state index contributed by atoms with van der Waals surface area (Å²) in [6, 6.07) is 3.43. The maximum atomic E-state index is 10.9. The fraction of sp³-hybridized carbons (Fsp3) is 0.250. The van der Waals surface area contributed by atoms with E-state index >= 15 is 0 Å². The molecule has 0 saturated heterocycles. The SMILES string of the molecule is COC(=O)c1cc[n+](C)cc1.[Br-]. The number of pyridine rings is 1. The third-order valence-corrected chi connectivity index (χ3v) is 1.40. The van der Waals surface area contributed by atoms with Crippen LogP contribution < -0.4 is 21.5 Å². The van der Waals surface area contributed by atoms with Crippen LogP contribution in [0.4, 0.5) is 0 Å². The molecule has 0 amide bonds. The first kappa shape index (κ1) is 11.1. The maximum Gasteiger partial charge on any atom is 0.338 e. The number of methoxy groups -OCH3 is 1. The van der Waals surface area contributed by atoms with Gasteiger partial charge in [0.2, 0.25) is 0 Å². The van der Waals surface area contributed by atoms with Crippen LogP contribution in [0.15, 0.2) is 24.5 Å². The van der Waals surface area contributed by atoms with E-state index < -0.39 is 0 Å². The second kappa shape index (κ2) is 4.87. The topological polar surface area (TPSA) is 30.2 Å². The van der Waals surface area contributed by atoms with Gasteiger partial charge in [0.15, 0.2) is 12.4 Å². The van der Waals surface area contributed by atoms with Gasteiger partial charge in [-0.05, 0) is 0 Å². The Balaban J connectivity index is 0.00000121. The molecule has 0 aliphatic carbocycles. The van der Waals surface area contributed by atoms with Gasteiger partial charge in [-0.25, -0.2) is 9.36 Å². The Morgan fingerprint density at radius 2 is 1.92 bits per heavy atom. The molecule has 0 saturated carbocycles. The van der Waals surface area contributed by atoms with Crippen LogP contribution in [0.2, 0.25) is 0 Å². The van der Waals surface area contributed by atoms with Gasteiger partial charge < -0.3 is 21.7 Å². The minimum atomic E-state index is -0.300. The standard InChI is InChI=1S/C8H10NO2.BrH/c1-9-5-3-7(4-6-9)8(10)11-2;/h3-6H,1-2H3;1H/q+1;/p-1. The van der Waals surface area contributed by atoms with Crippen LogP contribution in [-0.4, -0.2) is 13.1 Å². The molecule has 0 aliphatic heterocycles. The smallest absolute Gasteiger partial charge is 0.338 e. The highest BCUT2D eigenvalue weighted by Crippen LogP contribution is 1.95. The van der Waals surface area contributed by atoms with E-state index in [1.165, 1.54) is 7.11 Å². The molecule has 1 aromatic rings. The second-order valence-corrected chi connectivity index (χ2v) is 2.24. The summed E-state index contributed by atoms with van der Waals surface area (Å²) < 4.78 is 6.38. The summed E-state index contributed by atoms with van der Waals surface area (Å²) in [5.41, 5.74) is 0.575. The van der Waals surface area contributed by atoms with E-state index in [-0.39, 0.29) is 23.0 Å². The quantitative estimate of drug-likeness (QED) is 0.389. The van der Waals surface area contributed by atoms with Gasteiger partial charge in [-0.2, -0.15) is 0 Å². The molecule has 3 nitrogen and oxygen atoms in total. The highest BCUT2D eigenvalue weighted by atomic mass is 79.9. The van der Waals surface area contributed by atoms with Crippen LogP contribution in [0.1, 0.15) is 10.4 Å². The van der Waals surface area contributed by atoms with E-state index in [4.69, 9.17) is 0 Å². The van der Waals surface area contributed by atoms with Crippen molar-refractivity contribution in [2.24, 2.45) is 7.05 Å². The van der Waals surface area contributed by atoms with E-state index in [0.29, 0.717) is 5.56 Å². The lowest BCUT2D eigenvalue weighted by Gasteiger charge is -1.95.